The van der Waals surface area contributed by atoms with Gasteiger partial charge in [0.2, 0.25) is 65.0 Å². The van der Waals surface area contributed by atoms with E-state index in [0.29, 0.717) is 24.8 Å². The van der Waals surface area contributed by atoms with E-state index in [-0.39, 0.29) is 31.7 Å². The third-order valence-corrected chi connectivity index (χ3v) is 14.3. The highest BCUT2D eigenvalue weighted by Crippen LogP contribution is 2.15. The summed E-state index contributed by atoms with van der Waals surface area (Å²) in [4.78, 5) is 185. The number of unbranched alkanes of at least 4 members (excludes halogenated alkanes) is 1. The smallest absolute Gasteiger partial charge is 0.326 e. The van der Waals surface area contributed by atoms with Crippen molar-refractivity contribution in [1.82, 2.24) is 47.9 Å². The molecule has 0 saturated carbocycles. The zero-order valence-electron chi connectivity index (χ0n) is 50.4. The number of carbonyl (C=O) groups excluding carboxylic acids is 11. The third-order valence-electron chi connectivity index (χ3n) is 14.3. The molecule has 0 radical (unpaired) electrons. The quantitative estimate of drug-likeness (QED) is 0.0282. The Hall–Kier alpha value is -8.32. The van der Waals surface area contributed by atoms with Gasteiger partial charge >= 0.3 is 17.9 Å². The van der Waals surface area contributed by atoms with Crippen LogP contribution in [0, 0.1) is 17.8 Å². The van der Waals surface area contributed by atoms with Gasteiger partial charge in [-0.3, -0.25) is 62.3 Å². The van der Waals surface area contributed by atoms with Crippen molar-refractivity contribution < 1.29 is 87.5 Å². The molecule has 0 heterocycles. The first kappa shape index (κ1) is 76.7. The van der Waals surface area contributed by atoms with E-state index in [2.05, 4.69) is 47.9 Å². The van der Waals surface area contributed by atoms with Gasteiger partial charge in [0.15, 0.2) is 0 Å². The molecule has 13 atom stereocenters. The molecule has 31 heteroatoms. The van der Waals surface area contributed by atoms with Crippen LogP contribution in [0.1, 0.15) is 138 Å². The standard InChI is InChI=1S/C56H91N13O18/c1-8-29(5)43(60)52(82)63-36(21-25-42(75)76)50(80)69-46(31(7)70)55(85)67-44(28(3)4)53(83)68-45(30(6)9-2)54(84)64-35(20-24-41(73)74)49(79)66-38(27-32-15-11-10-12-16-32)51(81)62-33(18-22-39(58)71)47(77)61-34(19-23-40(59)72)48(78)65-37(56(86)87)17-13-14-26-57/h10-12,15-16,28-31,33-38,43-46,70H,8-9,13-14,17-27,57,60H2,1-7H3,(H2,58,71)(H2,59,72)(H,61,77)(H,62,81)(H,63,82)(H,64,84)(H,65,78)(H,66,79)(H,67,85)(H,68,83)(H,69,80)(H,73,74)(H,75,76)(H,86,87)/t29-,30-,31+,33-,34-,35-,36-,37-,38-,43-,44-,45-,46-/m0/s1. The summed E-state index contributed by atoms with van der Waals surface area (Å²) in [5, 5.41) is 61.4. The number of aliphatic hydroxyl groups is 1. The Bertz CT molecular complexity index is 2520. The predicted molar refractivity (Wildman–Crippen MR) is 312 cm³/mol. The zero-order chi connectivity index (χ0) is 66.2. The summed E-state index contributed by atoms with van der Waals surface area (Å²) in [7, 11) is 0. The first-order chi connectivity index (χ1) is 40.8. The van der Waals surface area contributed by atoms with Gasteiger partial charge in [0.05, 0.1) is 12.1 Å². The first-order valence-corrected chi connectivity index (χ1v) is 28.9. The summed E-state index contributed by atoms with van der Waals surface area (Å²) in [6.45, 7) is 11.1. The van der Waals surface area contributed by atoms with Crippen LogP contribution in [0.4, 0.5) is 0 Å². The maximum atomic E-state index is 14.4. The molecule has 21 N–H and O–H groups in total. The fourth-order valence-electron chi connectivity index (χ4n) is 8.51. The second-order valence-electron chi connectivity index (χ2n) is 21.8. The second kappa shape index (κ2) is 39.4. The van der Waals surface area contributed by atoms with Crippen LogP contribution in [-0.2, 0) is 73.5 Å². The number of aliphatic carboxylic acids is 3. The van der Waals surface area contributed by atoms with E-state index in [1.807, 2.05) is 0 Å². The number of aliphatic hydroxyl groups excluding tert-OH is 1. The van der Waals surface area contributed by atoms with Gasteiger partial charge in [-0.25, -0.2) is 4.79 Å². The molecule has 0 aliphatic carbocycles. The average Bonchev–Trinajstić information content (AvgIpc) is 2.76. The number of amides is 11. The van der Waals surface area contributed by atoms with Crippen molar-refractivity contribution in [2.75, 3.05) is 6.54 Å². The van der Waals surface area contributed by atoms with Crippen molar-refractivity contribution in [2.24, 2.45) is 40.7 Å². The molecule has 0 spiro atoms. The van der Waals surface area contributed by atoms with Crippen LogP contribution in [0.3, 0.4) is 0 Å². The van der Waals surface area contributed by atoms with E-state index in [0.717, 1.165) is 6.92 Å². The van der Waals surface area contributed by atoms with Crippen molar-refractivity contribution in [3.8, 4) is 0 Å². The van der Waals surface area contributed by atoms with Crippen molar-refractivity contribution in [1.29, 1.82) is 0 Å². The molecule has 31 nitrogen and oxygen atoms in total. The van der Waals surface area contributed by atoms with E-state index in [4.69, 9.17) is 22.9 Å². The van der Waals surface area contributed by atoms with Crippen molar-refractivity contribution in [3.63, 3.8) is 0 Å². The van der Waals surface area contributed by atoms with E-state index in [9.17, 15) is 87.5 Å². The SMILES string of the molecule is CC[C@H](C)[C@H](N)C(=O)N[C@@H](CCC(=O)O)C(=O)N[C@H](C(=O)N[C@H](C(=O)N[C@H](C(=O)N[C@@H](CCC(=O)O)C(=O)N[C@@H](Cc1ccccc1)C(=O)N[C@@H](CCC(N)=O)C(=O)N[C@@H](CCC(N)=O)C(=O)N[C@@H](CCCCN)C(=O)O)[C@@H](C)CC)C(C)C)[C@@H](C)O. The Morgan fingerprint density at radius 3 is 1.22 bits per heavy atom. The van der Waals surface area contributed by atoms with E-state index >= 15 is 0 Å². The molecule has 488 valence electrons. The lowest BCUT2D eigenvalue weighted by Gasteiger charge is -2.31. The molecule has 0 saturated heterocycles. The van der Waals surface area contributed by atoms with Crippen LogP contribution >= 0.6 is 0 Å². The van der Waals surface area contributed by atoms with Crippen molar-refractivity contribution in [3.05, 3.63) is 35.9 Å². The van der Waals surface area contributed by atoms with E-state index < -0.39 is 213 Å². The number of primary amides is 2. The van der Waals surface area contributed by atoms with Gasteiger partial charge in [0.1, 0.15) is 54.4 Å². The number of benzene rings is 1. The molecule has 0 aliphatic heterocycles. The highest BCUT2D eigenvalue weighted by Gasteiger charge is 2.39. The molecule has 0 unspecified atom stereocenters. The molecule has 1 aromatic rings. The first-order valence-electron chi connectivity index (χ1n) is 28.9. The van der Waals surface area contributed by atoms with Crippen LogP contribution in [-0.4, -0.2) is 176 Å². The van der Waals surface area contributed by atoms with Crippen LogP contribution in [0.2, 0.25) is 0 Å². The Balaban J connectivity index is 3.67. The van der Waals surface area contributed by atoms with Crippen LogP contribution in [0.15, 0.2) is 30.3 Å². The minimum atomic E-state index is -1.80. The number of nitrogens with two attached hydrogens (primary N) is 4. The molecule has 1 rings (SSSR count). The van der Waals surface area contributed by atoms with Crippen LogP contribution < -0.4 is 70.8 Å². The number of hydrogen-bond acceptors (Lipinski definition) is 17. The largest absolute Gasteiger partial charge is 0.481 e. The summed E-state index contributed by atoms with van der Waals surface area (Å²) in [6, 6.07) is -7.55. The monoisotopic (exact) mass is 1230 g/mol. The van der Waals surface area contributed by atoms with Gasteiger partial charge in [0.25, 0.3) is 0 Å². The number of nitrogens with one attached hydrogen (secondary N) is 9. The second-order valence-corrected chi connectivity index (χ2v) is 21.8. The normalized spacial score (nSPS) is 15.6. The number of hydrogen-bond donors (Lipinski definition) is 17. The number of carboxylic acid groups (broad SMARTS) is 3. The van der Waals surface area contributed by atoms with Crippen LogP contribution in [0.25, 0.3) is 0 Å². The third kappa shape index (κ3) is 28.6. The molecular weight excluding hydrogens is 1140 g/mol. The number of carboxylic acids is 3. The molecule has 0 aliphatic rings. The number of carbonyl (C=O) groups is 14. The number of rotatable bonds is 43. The lowest BCUT2D eigenvalue weighted by Crippen LogP contribution is -2.63. The van der Waals surface area contributed by atoms with Crippen molar-refractivity contribution >= 4 is 82.9 Å². The minimum absolute atomic E-state index is 0.0441. The summed E-state index contributed by atoms with van der Waals surface area (Å²) in [5.74, 6) is -17.1. The van der Waals surface area contributed by atoms with E-state index in [1.54, 1.807) is 58.0 Å². The molecule has 0 fully saturated rings. The molecule has 87 heavy (non-hydrogen) atoms. The Morgan fingerprint density at radius 2 is 0.805 bits per heavy atom. The fourth-order valence-corrected chi connectivity index (χ4v) is 8.51. The molecule has 11 amide bonds. The molecule has 0 aromatic heterocycles. The van der Waals surface area contributed by atoms with Gasteiger partial charge < -0.3 is 91.2 Å². The van der Waals surface area contributed by atoms with E-state index in [1.165, 1.54) is 13.8 Å². The van der Waals surface area contributed by atoms with Gasteiger partial charge in [-0.1, -0.05) is 84.7 Å². The van der Waals surface area contributed by atoms with Gasteiger partial charge in [0, 0.05) is 32.1 Å². The summed E-state index contributed by atoms with van der Waals surface area (Å²) < 4.78 is 0. The summed E-state index contributed by atoms with van der Waals surface area (Å²) >= 11 is 0. The maximum Gasteiger partial charge on any atom is 0.326 e. The fraction of sp³-hybridized carbons (Fsp3) is 0.643. The Kier molecular flexibility index (Phi) is 34.7. The lowest BCUT2D eigenvalue weighted by molar-refractivity contribution is -0.142. The molecule has 1 aromatic carbocycles. The maximum absolute atomic E-state index is 14.4. The zero-order valence-corrected chi connectivity index (χ0v) is 50.4. The van der Waals surface area contributed by atoms with Gasteiger partial charge in [-0.15, -0.1) is 0 Å². The average molecular weight is 1230 g/mol. The van der Waals surface area contributed by atoms with Crippen molar-refractivity contribution in [2.45, 2.75) is 205 Å². The van der Waals surface area contributed by atoms with Gasteiger partial charge in [-0.2, -0.15) is 0 Å². The topological polar surface area (TPSA) is 532 Å². The van der Waals surface area contributed by atoms with Gasteiger partial charge in [-0.05, 0) is 81.7 Å². The predicted octanol–water partition coefficient (Wildman–Crippen LogP) is -3.48. The summed E-state index contributed by atoms with van der Waals surface area (Å²) in [6.07, 6.45) is -4.82. The highest BCUT2D eigenvalue weighted by molar-refractivity contribution is 5.99. The molecule has 0 bridgehead atoms. The lowest BCUT2D eigenvalue weighted by atomic mass is 9.95. The minimum Gasteiger partial charge on any atom is -0.481 e. The summed E-state index contributed by atoms with van der Waals surface area (Å²) in [5.41, 5.74) is 22.7. The highest BCUT2D eigenvalue weighted by atomic mass is 16.4. The Labute approximate surface area is 504 Å². The molecular formula is C56H91N13O18. The van der Waals surface area contributed by atoms with Crippen LogP contribution in [0.5, 0.6) is 0 Å². The Morgan fingerprint density at radius 1 is 0.437 bits per heavy atom.